The highest BCUT2D eigenvalue weighted by Crippen LogP contribution is 2.27. The van der Waals surface area contributed by atoms with E-state index in [9.17, 15) is 4.79 Å². The van der Waals surface area contributed by atoms with Crippen LogP contribution in [0.2, 0.25) is 0 Å². The number of likely N-dealkylation sites (tertiary alicyclic amines) is 1. The number of anilines is 1. The van der Waals surface area contributed by atoms with Gasteiger partial charge in [-0.05, 0) is 44.4 Å². The molecule has 2 N–H and O–H groups in total. The molecular weight excluding hydrogens is 316 g/mol. The van der Waals surface area contributed by atoms with Crippen LogP contribution in [0.1, 0.15) is 46.4 Å². The van der Waals surface area contributed by atoms with E-state index in [4.69, 9.17) is 10.3 Å². The molecule has 0 radical (unpaired) electrons. The number of carbonyl (C=O) groups excluding carboxylic acids is 1. The first-order valence-corrected chi connectivity index (χ1v) is 7.50. The maximum absolute atomic E-state index is 12.8. The number of piperidine rings is 1. The maximum Gasteiger partial charge on any atom is 0.254 e. The molecular formula is C16H21ClN4O2. The third-order valence-electron chi connectivity index (χ3n) is 4.09. The molecule has 23 heavy (non-hydrogen) atoms. The third kappa shape index (κ3) is 3.64. The molecule has 0 spiro atoms. The highest BCUT2D eigenvalue weighted by molar-refractivity contribution is 5.96. The molecule has 2 aromatic rings. The van der Waals surface area contributed by atoms with Crippen molar-refractivity contribution in [3.8, 4) is 0 Å². The Morgan fingerprint density at radius 1 is 1.39 bits per heavy atom. The number of amides is 1. The highest BCUT2D eigenvalue weighted by atomic mass is 35.5. The smallest absolute Gasteiger partial charge is 0.254 e. The number of nitrogens with zero attached hydrogens (tertiary/aromatic N) is 3. The van der Waals surface area contributed by atoms with Crippen LogP contribution in [0.15, 0.2) is 22.7 Å². The van der Waals surface area contributed by atoms with Gasteiger partial charge in [0.1, 0.15) is 0 Å². The molecule has 1 aromatic carbocycles. The Kier molecular flexibility index (Phi) is 5.26. The first-order chi connectivity index (χ1) is 10.5. The molecule has 1 aliphatic heterocycles. The van der Waals surface area contributed by atoms with E-state index in [0.29, 0.717) is 29.5 Å². The second-order valence-corrected chi connectivity index (χ2v) is 5.84. The fraction of sp³-hybridized carbons (Fsp3) is 0.438. The second kappa shape index (κ2) is 7.00. The first kappa shape index (κ1) is 17.3. The Labute approximate surface area is 141 Å². The minimum Gasteiger partial charge on any atom is -0.399 e. The molecule has 1 amide bonds. The zero-order chi connectivity index (χ0) is 15.7. The van der Waals surface area contributed by atoms with Gasteiger partial charge in [-0.25, -0.2) is 0 Å². The molecule has 2 heterocycles. The zero-order valence-electron chi connectivity index (χ0n) is 13.3. The summed E-state index contributed by atoms with van der Waals surface area (Å²) in [5.74, 6) is 1.38. The van der Waals surface area contributed by atoms with Crippen LogP contribution in [0.25, 0.3) is 0 Å². The van der Waals surface area contributed by atoms with Crippen molar-refractivity contribution in [2.75, 3.05) is 18.8 Å². The van der Waals surface area contributed by atoms with Gasteiger partial charge in [0.15, 0.2) is 5.82 Å². The number of aromatic nitrogens is 2. The Morgan fingerprint density at radius 2 is 2.17 bits per heavy atom. The molecule has 3 rings (SSSR count). The molecule has 1 aromatic heterocycles. The SMILES string of the molecule is Cc1noc(C2CCCN(C(=O)c3cc(N)ccc3C)C2)n1.Cl. The molecule has 1 atom stereocenters. The zero-order valence-corrected chi connectivity index (χ0v) is 14.1. The minimum absolute atomic E-state index is 0. The van der Waals surface area contributed by atoms with Crippen molar-refractivity contribution in [1.29, 1.82) is 0 Å². The molecule has 6 nitrogen and oxygen atoms in total. The van der Waals surface area contributed by atoms with Crippen molar-refractivity contribution in [2.24, 2.45) is 0 Å². The lowest BCUT2D eigenvalue weighted by molar-refractivity contribution is 0.0695. The summed E-state index contributed by atoms with van der Waals surface area (Å²) in [7, 11) is 0. The maximum atomic E-state index is 12.8. The number of hydrogen-bond donors (Lipinski definition) is 1. The van der Waals surface area contributed by atoms with Crippen LogP contribution in [0.3, 0.4) is 0 Å². The van der Waals surface area contributed by atoms with Crippen LogP contribution in [-0.4, -0.2) is 34.0 Å². The van der Waals surface area contributed by atoms with Crippen LogP contribution >= 0.6 is 12.4 Å². The van der Waals surface area contributed by atoms with E-state index in [2.05, 4.69) is 10.1 Å². The van der Waals surface area contributed by atoms with Gasteiger partial charge in [0, 0.05) is 24.3 Å². The summed E-state index contributed by atoms with van der Waals surface area (Å²) < 4.78 is 5.26. The Morgan fingerprint density at radius 3 is 2.87 bits per heavy atom. The summed E-state index contributed by atoms with van der Waals surface area (Å²) in [6.45, 7) is 5.08. The average Bonchev–Trinajstić information content (AvgIpc) is 2.96. The van der Waals surface area contributed by atoms with E-state index < -0.39 is 0 Å². The van der Waals surface area contributed by atoms with E-state index in [1.54, 1.807) is 13.0 Å². The van der Waals surface area contributed by atoms with Crippen molar-refractivity contribution in [1.82, 2.24) is 15.0 Å². The molecule has 1 fully saturated rings. The first-order valence-electron chi connectivity index (χ1n) is 7.50. The van der Waals surface area contributed by atoms with Gasteiger partial charge >= 0.3 is 0 Å². The topological polar surface area (TPSA) is 85.2 Å². The number of hydrogen-bond acceptors (Lipinski definition) is 5. The molecule has 0 saturated carbocycles. The number of carbonyl (C=O) groups is 1. The lowest BCUT2D eigenvalue weighted by atomic mass is 9.96. The summed E-state index contributed by atoms with van der Waals surface area (Å²) >= 11 is 0. The normalized spacial score (nSPS) is 17.7. The van der Waals surface area contributed by atoms with Crippen molar-refractivity contribution in [3.05, 3.63) is 41.0 Å². The van der Waals surface area contributed by atoms with Crippen LogP contribution in [-0.2, 0) is 0 Å². The number of nitrogen functional groups attached to an aromatic ring is 1. The second-order valence-electron chi connectivity index (χ2n) is 5.84. The molecule has 124 valence electrons. The Balaban J connectivity index is 0.00000192. The van der Waals surface area contributed by atoms with E-state index in [1.165, 1.54) is 0 Å². The van der Waals surface area contributed by atoms with Gasteiger partial charge in [0.2, 0.25) is 5.89 Å². The van der Waals surface area contributed by atoms with Gasteiger partial charge in [-0.3, -0.25) is 4.79 Å². The predicted molar refractivity (Wildman–Crippen MR) is 89.8 cm³/mol. The summed E-state index contributed by atoms with van der Waals surface area (Å²) in [5.41, 5.74) is 8.03. The monoisotopic (exact) mass is 336 g/mol. The Hall–Kier alpha value is -2.08. The molecule has 1 aliphatic rings. The summed E-state index contributed by atoms with van der Waals surface area (Å²) in [6.07, 6.45) is 1.89. The van der Waals surface area contributed by atoms with E-state index in [0.717, 1.165) is 24.9 Å². The van der Waals surface area contributed by atoms with E-state index >= 15 is 0 Å². The van der Waals surface area contributed by atoms with Crippen LogP contribution < -0.4 is 5.73 Å². The van der Waals surface area contributed by atoms with Gasteiger partial charge in [0.05, 0.1) is 5.92 Å². The lowest BCUT2D eigenvalue weighted by Gasteiger charge is -2.31. The van der Waals surface area contributed by atoms with Crippen LogP contribution in [0, 0.1) is 13.8 Å². The largest absolute Gasteiger partial charge is 0.399 e. The van der Waals surface area contributed by atoms with E-state index in [-0.39, 0.29) is 24.2 Å². The van der Waals surface area contributed by atoms with Crippen LogP contribution in [0.5, 0.6) is 0 Å². The summed E-state index contributed by atoms with van der Waals surface area (Å²) in [5, 5.41) is 3.84. The van der Waals surface area contributed by atoms with Crippen molar-refractivity contribution < 1.29 is 9.32 Å². The van der Waals surface area contributed by atoms with Crippen molar-refractivity contribution in [3.63, 3.8) is 0 Å². The van der Waals surface area contributed by atoms with E-state index in [1.807, 2.05) is 24.0 Å². The summed E-state index contributed by atoms with van der Waals surface area (Å²) in [6, 6.07) is 5.44. The fourth-order valence-electron chi connectivity index (χ4n) is 2.88. The number of halogens is 1. The third-order valence-corrected chi connectivity index (χ3v) is 4.09. The number of nitrogens with two attached hydrogens (primary N) is 1. The van der Waals surface area contributed by atoms with Gasteiger partial charge in [0.25, 0.3) is 5.91 Å². The van der Waals surface area contributed by atoms with Crippen molar-refractivity contribution >= 4 is 24.0 Å². The quantitative estimate of drug-likeness (QED) is 0.852. The number of aryl methyl sites for hydroxylation is 2. The average molecular weight is 337 g/mol. The highest BCUT2D eigenvalue weighted by Gasteiger charge is 2.29. The Bertz CT molecular complexity index is 701. The number of rotatable bonds is 2. The van der Waals surface area contributed by atoms with Crippen molar-refractivity contribution in [2.45, 2.75) is 32.6 Å². The van der Waals surface area contributed by atoms with Crippen LogP contribution in [0.4, 0.5) is 5.69 Å². The molecule has 1 unspecified atom stereocenters. The number of benzene rings is 1. The van der Waals surface area contributed by atoms with Gasteiger partial charge < -0.3 is 15.2 Å². The lowest BCUT2D eigenvalue weighted by Crippen LogP contribution is -2.39. The predicted octanol–water partition coefficient (Wildman–Crippen LogP) is 2.71. The molecule has 7 heteroatoms. The molecule has 0 aliphatic carbocycles. The molecule has 1 saturated heterocycles. The van der Waals surface area contributed by atoms with Gasteiger partial charge in [-0.15, -0.1) is 12.4 Å². The standard InChI is InChI=1S/C16H20N4O2.ClH/c1-10-5-6-13(17)8-14(10)16(21)20-7-3-4-12(9-20)15-18-11(2)19-22-15;/h5-6,8,12H,3-4,7,9,17H2,1-2H3;1H. The minimum atomic E-state index is 0. The molecule has 0 bridgehead atoms. The fourth-order valence-corrected chi connectivity index (χ4v) is 2.88. The van der Waals surface area contributed by atoms with Gasteiger partial charge in [-0.1, -0.05) is 11.2 Å². The van der Waals surface area contributed by atoms with Gasteiger partial charge in [-0.2, -0.15) is 4.98 Å². The summed E-state index contributed by atoms with van der Waals surface area (Å²) in [4.78, 5) is 18.9.